The average Bonchev–Trinajstić information content (AvgIpc) is 4.01. The summed E-state index contributed by atoms with van der Waals surface area (Å²) in [6.07, 6.45) is 5.04. The van der Waals surface area contributed by atoms with Gasteiger partial charge in [-0.15, -0.1) is 0 Å². The van der Waals surface area contributed by atoms with Gasteiger partial charge >= 0.3 is 0 Å². The van der Waals surface area contributed by atoms with Crippen molar-refractivity contribution in [1.29, 1.82) is 0 Å². The van der Waals surface area contributed by atoms with Gasteiger partial charge in [0, 0.05) is 31.1 Å². The van der Waals surface area contributed by atoms with Crippen LogP contribution in [0.3, 0.4) is 0 Å². The summed E-state index contributed by atoms with van der Waals surface area (Å²) in [4.78, 5) is 68.2. The molecule has 266 valence electrons. The molecule has 8 nitrogen and oxygen atoms in total. The number of carbonyl (C=O) groups excluding carboxylic acids is 5. The Labute approximate surface area is 292 Å². The second-order valence-corrected chi connectivity index (χ2v) is 15.4. The molecule has 2 amide bonds. The molecule has 1 heterocycles. The van der Waals surface area contributed by atoms with Crippen LogP contribution in [0.5, 0.6) is 0 Å². The lowest BCUT2D eigenvalue weighted by molar-refractivity contribution is -0.135. The minimum absolute atomic E-state index is 0.0932. The molecule has 1 saturated heterocycles. The van der Waals surface area contributed by atoms with E-state index >= 15 is 0 Å². The van der Waals surface area contributed by atoms with Crippen molar-refractivity contribution >= 4 is 29.2 Å². The summed E-state index contributed by atoms with van der Waals surface area (Å²) in [5, 5.41) is 6.03. The van der Waals surface area contributed by atoms with Gasteiger partial charge in [-0.05, 0) is 80.8 Å². The van der Waals surface area contributed by atoms with Crippen molar-refractivity contribution < 1.29 is 28.7 Å². The van der Waals surface area contributed by atoms with Crippen LogP contribution in [0.4, 0.5) is 0 Å². The van der Waals surface area contributed by atoms with E-state index in [0.29, 0.717) is 51.0 Å². The monoisotopic (exact) mass is 672 g/mol. The first-order valence-corrected chi connectivity index (χ1v) is 18.2. The zero-order chi connectivity index (χ0) is 35.6. The molecule has 0 spiro atoms. The van der Waals surface area contributed by atoms with Crippen LogP contribution in [0.25, 0.3) is 0 Å². The summed E-state index contributed by atoms with van der Waals surface area (Å²) in [7, 11) is 0. The molecule has 0 aromatic heterocycles. The Kier molecular flexibility index (Phi) is 13.9. The fourth-order valence-corrected chi connectivity index (χ4v) is 6.50. The van der Waals surface area contributed by atoms with Crippen molar-refractivity contribution in [2.24, 2.45) is 29.6 Å². The molecule has 0 unspecified atom stereocenters. The Morgan fingerprint density at radius 1 is 0.755 bits per heavy atom. The number of aryl methyl sites for hydroxylation is 1. The normalized spacial score (nSPS) is 19.5. The van der Waals surface area contributed by atoms with Crippen LogP contribution in [0.15, 0.2) is 60.7 Å². The topological polar surface area (TPSA) is 122 Å². The van der Waals surface area contributed by atoms with E-state index in [1.807, 2.05) is 88.4 Å². The highest BCUT2D eigenvalue weighted by Crippen LogP contribution is 2.34. The average molecular weight is 673 g/mol. The highest BCUT2D eigenvalue weighted by molar-refractivity contribution is 5.98. The predicted molar refractivity (Wildman–Crippen MR) is 191 cm³/mol. The Hall–Kier alpha value is -3.65. The molecule has 49 heavy (non-hydrogen) atoms. The number of hydrogen-bond acceptors (Lipinski definition) is 6. The zero-order valence-electron chi connectivity index (χ0n) is 30.0. The second kappa shape index (κ2) is 17.8. The number of amides is 2. The van der Waals surface area contributed by atoms with Gasteiger partial charge in [0.2, 0.25) is 11.8 Å². The van der Waals surface area contributed by atoms with Crippen molar-refractivity contribution in [1.82, 2.24) is 10.6 Å². The summed E-state index contributed by atoms with van der Waals surface area (Å²) in [5.41, 5.74) is 1.11. The van der Waals surface area contributed by atoms with Crippen LogP contribution < -0.4 is 10.6 Å². The Morgan fingerprint density at radius 3 is 1.84 bits per heavy atom. The van der Waals surface area contributed by atoms with Gasteiger partial charge in [-0.1, -0.05) is 88.4 Å². The highest BCUT2D eigenvalue weighted by atomic mass is 16.6. The molecule has 1 aliphatic heterocycles. The van der Waals surface area contributed by atoms with Crippen molar-refractivity contribution in [3.63, 3.8) is 0 Å². The van der Waals surface area contributed by atoms with Crippen molar-refractivity contribution in [3.8, 4) is 0 Å². The van der Waals surface area contributed by atoms with Gasteiger partial charge in [-0.2, -0.15) is 0 Å². The van der Waals surface area contributed by atoms with E-state index in [1.54, 1.807) is 6.92 Å². The molecule has 2 aromatic carbocycles. The molecule has 5 atom stereocenters. The number of Topliss-reactive ketones (excluding diaryl/α,β-unsaturated/α-hetero) is 3. The standard InChI is InChI=1S/C41H56N2O6/c1-27(2)20-35(42-39(47)32(24-34(44)23-31-16-17-31)19-18-29-12-8-6-9-13-29)37(45)25-33(22-30-14-10-7-11-15-30)40(48)43-36(21-28(3)4)38(46)41(5)26-49-41/h6-15,27-28,31-33,35-36H,16-26H2,1-5H3,(H,42,47)(H,43,48)/t32-,33-,35+,36+,41-/m1/s1. The molecule has 1 saturated carbocycles. The maximum Gasteiger partial charge on any atom is 0.224 e. The molecule has 0 radical (unpaired) electrons. The van der Waals surface area contributed by atoms with Crippen LogP contribution >= 0.6 is 0 Å². The third-order valence-electron chi connectivity index (χ3n) is 9.68. The van der Waals surface area contributed by atoms with Gasteiger partial charge < -0.3 is 15.4 Å². The fraction of sp³-hybridized carbons (Fsp3) is 0.585. The number of nitrogens with one attached hydrogen (secondary N) is 2. The second-order valence-electron chi connectivity index (χ2n) is 15.4. The largest absolute Gasteiger partial charge is 0.361 e. The first kappa shape index (κ1) is 38.2. The molecule has 8 heteroatoms. The molecule has 1 aliphatic carbocycles. The molecule has 4 rings (SSSR count). The molecule has 2 aromatic rings. The summed E-state index contributed by atoms with van der Waals surface area (Å²) < 4.78 is 5.42. The van der Waals surface area contributed by atoms with E-state index in [-0.39, 0.29) is 53.8 Å². The summed E-state index contributed by atoms with van der Waals surface area (Å²) in [6.45, 7) is 10.1. The van der Waals surface area contributed by atoms with E-state index in [2.05, 4.69) is 10.6 Å². The minimum Gasteiger partial charge on any atom is -0.361 e. The quantitative estimate of drug-likeness (QED) is 0.143. The van der Waals surface area contributed by atoms with Gasteiger partial charge in [-0.25, -0.2) is 0 Å². The lowest BCUT2D eigenvalue weighted by Crippen LogP contribution is -2.50. The summed E-state index contributed by atoms with van der Waals surface area (Å²) >= 11 is 0. The maximum absolute atomic E-state index is 14.1. The number of epoxide rings is 1. The van der Waals surface area contributed by atoms with Crippen LogP contribution in [0, 0.1) is 29.6 Å². The molecular weight excluding hydrogens is 616 g/mol. The Morgan fingerprint density at radius 2 is 1.29 bits per heavy atom. The lowest BCUT2D eigenvalue weighted by atomic mass is 9.87. The van der Waals surface area contributed by atoms with Crippen molar-refractivity contribution in [3.05, 3.63) is 71.8 Å². The van der Waals surface area contributed by atoms with E-state index in [0.717, 1.165) is 24.0 Å². The molecule has 2 aliphatic rings. The van der Waals surface area contributed by atoms with Crippen molar-refractivity contribution in [2.45, 2.75) is 117 Å². The fourth-order valence-electron chi connectivity index (χ4n) is 6.50. The number of carbonyl (C=O) groups is 5. The van der Waals surface area contributed by atoms with Crippen LogP contribution in [0.2, 0.25) is 0 Å². The Balaban J connectivity index is 1.51. The van der Waals surface area contributed by atoms with E-state index < -0.39 is 29.5 Å². The Bertz CT molecular complexity index is 1410. The lowest BCUT2D eigenvalue weighted by Gasteiger charge is -2.27. The van der Waals surface area contributed by atoms with Gasteiger partial charge in [0.15, 0.2) is 11.6 Å². The number of ketones is 3. The highest BCUT2D eigenvalue weighted by Gasteiger charge is 2.50. The van der Waals surface area contributed by atoms with Gasteiger partial charge in [0.05, 0.1) is 18.7 Å². The number of ether oxygens (including phenoxy) is 1. The van der Waals surface area contributed by atoms with E-state index in [4.69, 9.17) is 4.74 Å². The molecule has 2 fully saturated rings. The summed E-state index contributed by atoms with van der Waals surface area (Å²) in [5.74, 6) is -1.54. The first-order valence-electron chi connectivity index (χ1n) is 18.2. The molecule has 0 bridgehead atoms. The zero-order valence-corrected chi connectivity index (χ0v) is 30.0. The van der Waals surface area contributed by atoms with E-state index in [9.17, 15) is 24.0 Å². The van der Waals surface area contributed by atoms with Gasteiger partial charge in [-0.3, -0.25) is 24.0 Å². The van der Waals surface area contributed by atoms with Crippen LogP contribution in [0.1, 0.15) is 97.1 Å². The number of hydrogen-bond donors (Lipinski definition) is 2. The van der Waals surface area contributed by atoms with Gasteiger partial charge in [0.25, 0.3) is 0 Å². The smallest absolute Gasteiger partial charge is 0.224 e. The number of rotatable bonds is 22. The van der Waals surface area contributed by atoms with Gasteiger partial charge in [0.1, 0.15) is 11.4 Å². The van der Waals surface area contributed by atoms with Crippen molar-refractivity contribution in [2.75, 3.05) is 6.61 Å². The van der Waals surface area contributed by atoms with E-state index in [1.165, 1.54) is 0 Å². The maximum atomic E-state index is 14.1. The van der Waals surface area contributed by atoms with Crippen LogP contribution in [-0.2, 0) is 41.6 Å². The first-order chi connectivity index (χ1) is 23.3. The minimum atomic E-state index is -0.888. The molecule has 2 N–H and O–H groups in total. The predicted octanol–water partition coefficient (Wildman–Crippen LogP) is 6.23. The number of benzene rings is 2. The third kappa shape index (κ3) is 12.6. The summed E-state index contributed by atoms with van der Waals surface area (Å²) in [6, 6.07) is 17.9. The SMILES string of the molecule is CC(C)C[C@H](NC(=O)[C@H](CCc1ccccc1)CC(=O)CC1CC1)C(=O)C[C@@H](Cc1ccccc1)C(=O)N[C@@H](CC(C)C)C(=O)[C@@]1(C)CO1. The molecular formula is C41H56N2O6. The third-order valence-corrected chi connectivity index (χ3v) is 9.68. The van der Waals surface area contributed by atoms with Crippen LogP contribution in [-0.4, -0.2) is 53.5 Å².